The first-order valence-electron chi connectivity index (χ1n) is 7.52. The van der Waals surface area contributed by atoms with Gasteiger partial charge in [-0.1, -0.05) is 13.8 Å². The van der Waals surface area contributed by atoms with E-state index in [-0.39, 0.29) is 11.9 Å². The molecule has 6 heteroatoms. The number of carbonyl (C=O) groups excluding carboxylic acids is 1. The molecule has 114 valence electrons. The van der Waals surface area contributed by atoms with Gasteiger partial charge in [-0.15, -0.1) is 0 Å². The maximum Gasteiger partial charge on any atom is 0.317 e. The molecular formula is C14H25N3O3. The molecule has 2 fully saturated rings. The molecule has 6 nitrogen and oxygen atoms in total. The Morgan fingerprint density at radius 2 is 2.10 bits per heavy atom. The normalized spacial score (nSPS) is 30.7. The van der Waals surface area contributed by atoms with Gasteiger partial charge in [-0.25, -0.2) is 4.79 Å². The SMILES string of the molecule is CCN1CCCC1CNC(=O)N1CC(C)C(C(=O)O)C1. The Morgan fingerprint density at radius 1 is 1.35 bits per heavy atom. The summed E-state index contributed by atoms with van der Waals surface area (Å²) in [5, 5.41) is 12.1. The number of carboxylic acids is 1. The first kappa shape index (κ1) is 15.1. The number of hydrogen-bond donors (Lipinski definition) is 2. The summed E-state index contributed by atoms with van der Waals surface area (Å²) in [6.07, 6.45) is 2.32. The van der Waals surface area contributed by atoms with E-state index in [0.29, 0.717) is 25.7 Å². The van der Waals surface area contributed by atoms with Crippen molar-refractivity contribution in [3.05, 3.63) is 0 Å². The Labute approximate surface area is 120 Å². The zero-order valence-electron chi connectivity index (χ0n) is 12.3. The molecular weight excluding hydrogens is 258 g/mol. The standard InChI is InChI=1S/C14H25N3O3/c1-3-16-6-4-5-11(16)7-15-14(20)17-8-10(2)12(9-17)13(18)19/h10-12H,3-9H2,1-2H3,(H,15,20)(H,18,19). The van der Waals surface area contributed by atoms with E-state index in [4.69, 9.17) is 5.11 Å². The van der Waals surface area contributed by atoms with E-state index < -0.39 is 11.9 Å². The van der Waals surface area contributed by atoms with Crippen molar-refractivity contribution >= 4 is 12.0 Å². The van der Waals surface area contributed by atoms with Gasteiger partial charge in [0.1, 0.15) is 0 Å². The first-order valence-corrected chi connectivity index (χ1v) is 7.52. The molecule has 0 bridgehead atoms. The van der Waals surface area contributed by atoms with Crippen LogP contribution in [-0.4, -0.2) is 65.7 Å². The monoisotopic (exact) mass is 283 g/mol. The van der Waals surface area contributed by atoms with Crippen LogP contribution in [-0.2, 0) is 4.79 Å². The van der Waals surface area contributed by atoms with E-state index in [1.165, 1.54) is 6.42 Å². The summed E-state index contributed by atoms with van der Waals surface area (Å²) < 4.78 is 0. The predicted molar refractivity (Wildman–Crippen MR) is 75.5 cm³/mol. The molecule has 0 radical (unpaired) electrons. The summed E-state index contributed by atoms with van der Waals surface area (Å²) in [5.74, 6) is -1.21. The van der Waals surface area contributed by atoms with Gasteiger partial charge in [-0.3, -0.25) is 9.69 Å². The van der Waals surface area contributed by atoms with E-state index in [2.05, 4.69) is 17.1 Å². The molecule has 2 heterocycles. The maximum atomic E-state index is 12.1. The minimum absolute atomic E-state index is 0.0249. The second-order valence-corrected chi connectivity index (χ2v) is 5.94. The zero-order chi connectivity index (χ0) is 14.7. The summed E-state index contributed by atoms with van der Waals surface area (Å²) >= 11 is 0. The van der Waals surface area contributed by atoms with Crippen LogP contribution in [0.3, 0.4) is 0 Å². The van der Waals surface area contributed by atoms with E-state index in [1.807, 2.05) is 6.92 Å². The summed E-state index contributed by atoms with van der Waals surface area (Å²) in [6.45, 7) is 7.67. The number of carbonyl (C=O) groups is 2. The van der Waals surface area contributed by atoms with Gasteiger partial charge >= 0.3 is 12.0 Å². The fourth-order valence-corrected chi connectivity index (χ4v) is 3.31. The average molecular weight is 283 g/mol. The Hall–Kier alpha value is -1.30. The van der Waals surface area contributed by atoms with Crippen molar-refractivity contribution < 1.29 is 14.7 Å². The number of rotatable bonds is 4. The van der Waals surface area contributed by atoms with Crippen molar-refractivity contribution in [1.82, 2.24) is 15.1 Å². The number of hydrogen-bond acceptors (Lipinski definition) is 3. The molecule has 2 saturated heterocycles. The molecule has 2 amide bonds. The first-order chi connectivity index (χ1) is 9.52. The lowest BCUT2D eigenvalue weighted by Crippen LogP contribution is -2.45. The molecule has 0 aliphatic carbocycles. The predicted octanol–water partition coefficient (Wildman–Crippen LogP) is 0.833. The highest BCUT2D eigenvalue weighted by atomic mass is 16.4. The number of nitrogens with zero attached hydrogens (tertiary/aromatic N) is 2. The van der Waals surface area contributed by atoms with Crippen LogP contribution in [0.5, 0.6) is 0 Å². The number of amides is 2. The minimum atomic E-state index is -0.805. The van der Waals surface area contributed by atoms with Gasteiger partial charge in [-0.2, -0.15) is 0 Å². The van der Waals surface area contributed by atoms with Crippen molar-refractivity contribution in [2.24, 2.45) is 11.8 Å². The van der Waals surface area contributed by atoms with Crippen LogP contribution >= 0.6 is 0 Å². The smallest absolute Gasteiger partial charge is 0.317 e. The molecule has 2 rings (SSSR count). The Morgan fingerprint density at radius 3 is 2.70 bits per heavy atom. The van der Waals surface area contributed by atoms with Crippen LogP contribution in [0.2, 0.25) is 0 Å². The molecule has 2 aliphatic rings. The van der Waals surface area contributed by atoms with E-state index >= 15 is 0 Å². The van der Waals surface area contributed by atoms with Crippen molar-refractivity contribution in [2.75, 3.05) is 32.7 Å². The fraction of sp³-hybridized carbons (Fsp3) is 0.857. The fourth-order valence-electron chi connectivity index (χ4n) is 3.31. The van der Waals surface area contributed by atoms with Crippen molar-refractivity contribution in [2.45, 2.75) is 32.7 Å². The minimum Gasteiger partial charge on any atom is -0.481 e. The molecule has 0 aromatic rings. The highest BCUT2D eigenvalue weighted by Gasteiger charge is 2.37. The van der Waals surface area contributed by atoms with Crippen LogP contribution in [0.15, 0.2) is 0 Å². The molecule has 0 aromatic carbocycles. The molecule has 3 atom stereocenters. The molecule has 20 heavy (non-hydrogen) atoms. The lowest BCUT2D eigenvalue weighted by Gasteiger charge is -2.24. The molecule has 3 unspecified atom stereocenters. The highest BCUT2D eigenvalue weighted by Crippen LogP contribution is 2.23. The Bertz CT molecular complexity index is 375. The average Bonchev–Trinajstić information content (AvgIpc) is 3.01. The topological polar surface area (TPSA) is 72.9 Å². The second-order valence-electron chi connectivity index (χ2n) is 5.94. The van der Waals surface area contributed by atoms with Crippen LogP contribution in [0.1, 0.15) is 26.7 Å². The lowest BCUT2D eigenvalue weighted by atomic mass is 9.99. The van der Waals surface area contributed by atoms with Crippen LogP contribution in [0.25, 0.3) is 0 Å². The third kappa shape index (κ3) is 3.23. The number of aliphatic carboxylic acids is 1. The quantitative estimate of drug-likeness (QED) is 0.801. The summed E-state index contributed by atoms with van der Waals surface area (Å²) in [4.78, 5) is 27.2. The summed E-state index contributed by atoms with van der Waals surface area (Å²) in [7, 11) is 0. The van der Waals surface area contributed by atoms with Gasteiger partial charge in [0.2, 0.25) is 0 Å². The van der Waals surface area contributed by atoms with Gasteiger partial charge in [0, 0.05) is 25.7 Å². The van der Waals surface area contributed by atoms with Crippen molar-refractivity contribution in [1.29, 1.82) is 0 Å². The van der Waals surface area contributed by atoms with Crippen LogP contribution < -0.4 is 5.32 Å². The van der Waals surface area contributed by atoms with Gasteiger partial charge in [0.15, 0.2) is 0 Å². The molecule has 2 aliphatic heterocycles. The van der Waals surface area contributed by atoms with E-state index in [1.54, 1.807) is 4.90 Å². The van der Waals surface area contributed by atoms with Gasteiger partial charge in [0.25, 0.3) is 0 Å². The molecule has 0 spiro atoms. The second kappa shape index (κ2) is 6.43. The third-order valence-electron chi connectivity index (χ3n) is 4.61. The van der Waals surface area contributed by atoms with E-state index in [0.717, 1.165) is 19.5 Å². The highest BCUT2D eigenvalue weighted by molar-refractivity contribution is 5.77. The Balaban J connectivity index is 1.80. The number of likely N-dealkylation sites (tertiary alicyclic amines) is 2. The zero-order valence-corrected chi connectivity index (χ0v) is 12.3. The number of urea groups is 1. The van der Waals surface area contributed by atoms with Crippen molar-refractivity contribution in [3.63, 3.8) is 0 Å². The summed E-state index contributed by atoms with van der Waals surface area (Å²) in [6, 6.07) is 0.308. The lowest BCUT2D eigenvalue weighted by molar-refractivity contribution is -0.142. The molecule has 0 saturated carbocycles. The van der Waals surface area contributed by atoms with Crippen LogP contribution in [0, 0.1) is 11.8 Å². The van der Waals surface area contributed by atoms with Gasteiger partial charge < -0.3 is 15.3 Å². The maximum absolute atomic E-state index is 12.1. The largest absolute Gasteiger partial charge is 0.481 e. The number of likely N-dealkylation sites (N-methyl/N-ethyl adjacent to an activating group) is 1. The Kier molecular flexibility index (Phi) is 4.86. The third-order valence-corrected chi connectivity index (χ3v) is 4.61. The van der Waals surface area contributed by atoms with E-state index in [9.17, 15) is 9.59 Å². The van der Waals surface area contributed by atoms with Gasteiger partial charge in [-0.05, 0) is 31.8 Å². The molecule has 0 aromatic heterocycles. The molecule has 2 N–H and O–H groups in total. The van der Waals surface area contributed by atoms with Gasteiger partial charge in [0.05, 0.1) is 5.92 Å². The van der Waals surface area contributed by atoms with Crippen LogP contribution in [0.4, 0.5) is 4.79 Å². The van der Waals surface area contributed by atoms with Crippen molar-refractivity contribution in [3.8, 4) is 0 Å². The number of carboxylic acid groups (broad SMARTS) is 1. The summed E-state index contributed by atoms with van der Waals surface area (Å²) in [5.41, 5.74) is 0. The number of nitrogens with one attached hydrogen (secondary N) is 1.